The first kappa shape index (κ1) is 15.8. The first-order valence-electron chi connectivity index (χ1n) is 6.79. The van der Waals surface area contributed by atoms with Gasteiger partial charge in [-0.25, -0.2) is 4.79 Å². The number of carbonyl (C=O) groups is 1. The molecule has 1 aromatic heterocycles. The molecule has 6 heteroatoms. The van der Waals surface area contributed by atoms with Crippen LogP contribution in [0.25, 0.3) is 10.9 Å². The standard InChI is InChI=1S/C16H18N2O4/c1-10(2)14(15(18(20)21)16(19)22-4)12-9-17(3)13-8-6-5-7-11(12)13/h5-9,14-15H,1H2,2-4H3. The normalized spacial score (nSPS) is 13.6. The monoisotopic (exact) mass is 302 g/mol. The molecule has 0 spiro atoms. The number of esters is 1. The van der Waals surface area contributed by atoms with Crippen molar-refractivity contribution in [3.05, 3.63) is 58.3 Å². The molecule has 22 heavy (non-hydrogen) atoms. The molecule has 2 atom stereocenters. The van der Waals surface area contributed by atoms with Crippen molar-refractivity contribution >= 4 is 16.9 Å². The minimum atomic E-state index is -1.51. The highest BCUT2D eigenvalue weighted by atomic mass is 16.6. The van der Waals surface area contributed by atoms with E-state index in [0.29, 0.717) is 11.1 Å². The topological polar surface area (TPSA) is 74.4 Å². The minimum Gasteiger partial charge on any atom is -0.464 e. The molecule has 0 fully saturated rings. The van der Waals surface area contributed by atoms with E-state index in [0.717, 1.165) is 18.0 Å². The predicted molar refractivity (Wildman–Crippen MR) is 83.3 cm³/mol. The predicted octanol–water partition coefficient (Wildman–Crippen LogP) is 2.66. The van der Waals surface area contributed by atoms with Crippen molar-refractivity contribution in [1.82, 2.24) is 4.57 Å². The number of aryl methyl sites for hydroxylation is 1. The molecule has 0 aliphatic heterocycles. The van der Waals surface area contributed by atoms with Gasteiger partial charge in [0.1, 0.15) is 0 Å². The second-order valence-corrected chi connectivity index (χ2v) is 5.29. The number of para-hydroxylation sites is 1. The van der Waals surface area contributed by atoms with Gasteiger partial charge in [0, 0.05) is 29.1 Å². The molecule has 0 saturated carbocycles. The molecular formula is C16H18N2O4. The Labute approximate surface area is 128 Å². The van der Waals surface area contributed by atoms with Gasteiger partial charge in [-0.1, -0.05) is 30.4 Å². The number of nitro groups is 1. The number of carbonyl (C=O) groups excluding carboxylic acids is 1. The molecule has 1 heterocycles. The molecular weight excluding hydrogens is 284 g/mol. The third-order valence-corrected chi connectivity index (χ3v) is 3.78. The molecule has 0 bridgehead atoms. The van der Waals surface area contributed by atoms with Crippen LogP contribution >= 0.6 is 0 Å². The summed E-state index contributed by atoms with van der Waals surface area (Å²) in [6.07, 6.45) is 1.81. The lowest BCUT2D eigenvalue weighted by atomic mass is 9.86. The Morgan fingerprint density at radius 2 is 2.05 bits per heavy atom. The molecule has 0 radical (unpaired) electrons. The fraction of sp³-hybridized carbons (Fsp3) is 0.312. The molecule has 6 nitrogen and oxygen atoms in total. The first-order valence-corrected chi connectivity index (χ1v) is 6.79. The van der Waals surface area contributed by atoms with Crippen molar-refractivity contribution in [2.75, 3.05) is 7.11 Å². The highest BCUT2D eigenvalue weighted by Crippen LogP contribution is 2.35. The molecule has 116 valence electrons. The highest BCUT2D eigenvalue weighted by molar-refractivity contribution is 5.86. The summed E-state index contributed by atoms with van der Waals surface area (Å²) < 4.78 is 6.50. The fourth-order valence-corrected chi connectivity index (χ4v) is 2.79. The molecule has 1 aromatic carbocycles. The van der Waals surface area contributed by atoms with Crippen LogP contribution in [-0.2, 0) is 16.6 Å². The van der Waals surface area contributed by atoms with Crippen molar-refractivity contribution in [3.63, 3.8) is 0 Å². The van der Waals surface area contributed by atoms with Crippen LogP contribution in [0.4, 0.5) is 0 Å². The van der Waals surface area contributed by atoms with E-state index in [2.05, 4.69) is 11.3 Å². The number of rotatable bonds is 5. The lowest BCUT2D eigenvalue weighted by Gasteiger charge is -2.19. The first-order chi connectivity index (χ1) is 10.4. The Bertz CT molecular complexity index is 748. The van der Waals surface area contributed by atoms with Crippen LogP contribution in [0, 0.1) is 10.1 Å². The summed E-state index contributed by atoms with van der Waals surface area (Å²) in [7, 11) is 3.01. The summed E-state index contributed by atoms with van der Waals surface area (Å²) in [5.74, 6) is -1.61. The summed E-state index contributed by atoms with van der Waals surface area (Å²) >= 11 is 0. The van der Waals surface area contributed by atoms with Crippen molar-refractivity contribution < 1.29 is 14.5 Å². The lowest BCUT2D eigenvalue weighted by molar-refractivity contribution is -0.512. The van der Waals surface area contributed by atoms with Crippen LogP contribution < -0.4 is 0 Å². The molecule has 0 N–H and O–H groups in total. The second-order valence-electron chi connectivity index (χ2n) is 5.29. The van der Waals surface area contributed by atoms with Crippen LogP contribution in [0.3, 0.4) is 0 Å². The van der Waals surface area contributed by atoms with E-state index in [1.807, 2.05) is 42.1 Å². The zero-order valence-corrected chi connectivity index (χ0v) is 12.8. The van der Waals surface area contributed by atoms with Crippen LogP contribution in [0.1, 0.15) is 18.4 Å². The Morgan fingerprint density at radius 1 is 1.41 bits per heavy atom. The number of methoxy groups -OCH3 is 1. The summed E-state index contributed by atoms with van der Waals surface area (Å²) in [5.41, 5.74) is 2.19. The second kappa shape index (κ2) is 6.01. The van der Waals surface area contributed by atoms with Crippen LogP contribution in [0.2, 0.25) is 0 Å². The Balaban J connectivity index is 2.67. The number of aromatic nitrogens is 1. The van der Waals surface area contributed by atoms with Crippen molar-refractivity contribution in [2.24, 2.45) is 7.05 Å². The van der Waals surface area contributed by atoms with Gasteiger partial charge in [-0.3, -0.25) is 10.1 Å². The third kappa shape index (κ3) is 2.59. The molecule has 0 aliphatic carbocycles. The third-order valence-electron chi connectivity index (χ3n) is 3.78. The van der Waals surface area contributed by atoms with Gasteiger partial charge >= 0.3 is 12.0 Å². The van der Waals surface area contributed by atoms with Gasteiger partial charge in [0.25, 0.3) is 0 Å². The van der Waals surface area contributed by atoms with Crippen LogP contribution in [0.15, 0.2) is 42.6 Å². The highest BCUT2D eigenvalue weighted by Gasteiger charge is 2.42. The van der Waals surface area contributed by atoms with Crippen molar-refractivity contribution in [1.29, 1.82) is 0 Å². The largest absolute Gasteiger partial charge is 0.464 e. The quantitative estimate of drug-likeness (QED) is 0.368. The fourth-order valence-electron chi connectivity index (χ4n) is 2.79. The Hall–Kier alpha value is -2.63. The summed E-state index contributed by atoms with van der Waals surface area (Å²) in [6.45, 7) is 5.53. The summed E-state index contributed by atoms with van der Waals surface area (Å²) in [4.78, 5) is 22.7. The number of nitrogens with zero attached hydrogens (tertiary/aromatic N) is 2. The minimum absolute atomic E-state index is 0.545. The van der Waals surface area contributed by atoms with Gasteiger partial charge in [0.2, 0.25) is 0 Å². The summed E-state index contributed by atoms with van der Waals surface area (Å²) in [5, 5.41) is 12.3. The zero-order valence-electron chi connectivity index (χ0n) is 12.8. The SMILES string of the molecule is C=C(C)C(c1cn(C)c2ccccc12)C(C(=O)OC)[N+](=O)[O-]. The maximum absolute atomic E-state index is 11.9. The van der Waals surface area contributed by atoms with Gasteiger partial charge in [0.15, 0.2) is 0 Å². The van der Waals surface area contributed by atoms with E-state index in [1.54, 1.807) is 6.92 Å². The number of fused-ring (bicyclic) bond motifs is 1. The molecule has 2 unspecified atom stereocenters. The van der Waals surface area contributed by atoms with Gasteiger partial charge in [0.05, 0.1) is 13.0 Å². The van der Waals surface area contributed by atoms with E-state index < -0.39 is 22.9 Å². The molecule has 0 aliphatic rings. The average Bonchev–Trinajstić information content (AvgIpc) is 2.80. The summed E-state index contributed by atoms with van der Waals surface area (Å²) in [6, 6.07) is 6.06. The number of hydrogen-bond acceptors (Lipinski definition) is 4. The van der Waals surface area contributed by atoms with E-state index >= 15 is 0 Å². The Kier molecular flexibility index (Phi) is 4.30. The Morgan fingerprint density at radius 3 is 2.59 bits per heavy atom. The van der Waals surface area contributed by atoms with Crippen molar-refractivity contribution in [3.8, 4) is 0 Å². The number of benzene rings is 1. The maximum Gasteiger partial charge on any atom is 0.382 e. The van der Waals surface area contributed by atoms with E-state index in [4.69, 9.17) is 0 Å². The molecule has 2 aromatic rings. The average molecular weight is 302 g/mol. The van der Waals surface area contributed by atoms with E-state index in [-0.39, 0.29) is 0 Å². The smallest absolute Gasteiger partial charge is 0.382 e. The number of hydrogen-bond donors (Lipinski definition) is 0. The molecule has 2 rings (SSSR count). The van der Waals surface area contributed by atoms with Gasteiger partial charge < -0.3 is 9.30 Å². The lowest BCUT2D eigenvalue weighted by Crippen LogP contribution is -2.37. The van der Waals surface area contributed by atoms with Gasteiger partial charge in [-0.2, -0.15) is 0 Å². The number of ether oxygens (including phenoxy) is 1. The zero-order chi connectivity index (χ0) is 16.4. The molecule has 0 saturated heterocycles. The van der Waals surface area contributed by atoms with Crippen molar-refractivity contribution in [2.45, 2.75) is 18.9 Å². The van der Waals surface area contributed by atoms with E-state index in [1.165, 1.54) is 0 Å². The maximum atomic E-state index is 11.9. The van der Waals surface area contributed by atoms with Crippen LogP contribution in [0.5, 0.6) is 0 Å². The van der Waals surface area contributed by atoms with Gasteiger partial charge in [-0.05, 0) is 18.6 Å². The molecule has 0 amide bonds. The van der Waals surface area contributed by atoms with Crippen LogP contribution in [-0.4, -0.2) is 28.6 Å². The van der Waals surface area contributed by atoms with E-state index in [9.17, 15) is 14.9 Å². The van der Waals surface area contributed by atoms with Gasteiger partial charge in [-0.15, -0.1) is 0 Å².